The summed E-state index contributed by atoms with van der Waals surface area (Å²) >= 11 is 0. The largest absolute Gasteiger partial charge is 0.457 e. The first-order valence-electron chi connectivity index (χ1n) is 17.5. The van der Waals surface area contributed by atoms with Crippen LogP contribution in [0.3, 0.4) is 0 Å². The maximum Gasteiger partial charge on any atom is 0.420 e. The third-order valence-corrected chi connectivity index (χ3v) is 10.6. The second kappa shape index (κ2) is 15.9. The van der Waals surface area contributed by atoms with Gasteiger partial charge in [0.1, 0.15) is 24.5 Å². The molecule has 49 heavy (non-hydrogen) atoms. The van der Waals surface area contributed by atoms with Crippen molar-refractivity contribution >= 4 is 23.6 Å². The van der Waals surface area contributed by atoms with E-state index in [-0.39, 0.29) is 30.8 Å². The molecule has 4 rings (SSSR count). The number of ketones is 2. The molecule has 0 unspecified atom stereocenters. The molecule has 0 aliphatic carbocycles. The molecule has 3 aliphatic rings. The van der Waals surface area contributed by atoms with Crippen molar-refractivity contribution in [1.29, 1.82) is 0 Å². The number of carbonyl (C=O) groups is 4. The molecule has 1 N–H and O–H groups in total. The number of aliphatic hydroxyl groups is 1. The zero-order valence-corrected chi connectivity index (χ0v) is 30.4. The number of carbonyl (C=O) groups excluding carboxylic acids is 4. The third kappa shape index (κ3) is 8.50. The molecule has 0 amide bonds. The number of rotatable bonds is 6. The van der Waals surface area contributed by atoms with Crippen molar-refractivity contribution in [3.63, 3.8) is 0 Å². The smallest absolute Gasteiger partial charge is 0.420 e. The van der Waals surface area contributed by atoms with Gasteiger partial charge in [-0.1, -0.05) is 20.8 Å². The third-order valence-electron chi connectivity index (χ3n) is 10.6. The molecule has 2 saturated heterocycles. The number of cyclic esters (lactones) is 1. The molecule has 13 heteroatoms. The predicted octanol–water partition coefficient (Wildman–Crippen LogP) is 4.10. The average Bonchev–Trinajstić information content (AvgIpc) is 3.81. The van der Waals surface area contributed by atoms with Gasteiger partial charge in [-0.15, -0.1) is 0 Å². The Bertz CT molecular complexity index is 1360. The van der Waals surface area contributed by atoms with E-state index in [0.717, 1.165) is 30.5 Å². The number of allylic oxidation sites excluding steroid dienone is 1. The fraction of sp³-hybridized carbons (Fsp3) is 0.750. The second-order valence-corrected chi connectivity index (χ2v) is 14.5. The minimum atomic E-state index is -1.57. The van der Waals surface area contributed by atoms with E-state index < -0.39 is 71.4 Å². The first kappa shape index (κ1) is 38.8. The van der Waals surface area contributed by atoms with Crippen LogP contribution in [0.25, 0.3) is 0 Å². The summed E-state index contributed by atoms with van der Waals surface area (Å²) in [4.78, 5) is 61.1. The highest BCUT2D eigenvalue weighted by Gasteiger charge is 2.50. The van der Waals surface area contributed by atoms with Gasteiger partial charge in [0.15, 0.2) is 23.5 Å². The quantitative estimate of drug-likeness (QED) is 0.338. The van der Waals surface area contributed by atoms with Crippen molar-refractivity contribution in [1.82, 2.24) is 14.5 Å². The van der Waals surface area contributed by atoms with E-state index in [1.165, 1.54) is 38.8 Å². The van der Waals surface area contributed by atoms with E-state index in [1.807, 2.05) is 6.92 Å². The molecule has 11 atom stereocenters. The summed E-state index contributed by atoms with van der Waals surface area (Å²) in [6, 6.07) is -0.181. The van der Waals surface area contributed by atoms with Crippen molar-refractivity contribution in [2.75, 3.05) is 20.2 Å². The summed E-state index contributed by atoms with van der Waals surface area (Å²) in [6.07, 6.45) is 3.59. The summed E-state index contributed by atoms with van der Waals surface area (Å²) in [5, 5.41) is 11.6. The zero-order chi connectivity index (χ0) is 36.3. The number of hydrogen-bond donors (Lipinski definition) is 1. The first-order chi connectivity index (χ1) is 23.0. The van der Waals surface area contributed by atoms with Crippen LogP contribution in [0.1, 0.15) is 87.5 Å². The number of Topliss-reactive ketones (excluding diaryl/α,β-unsaturated/α-hetero) is 2. The van der Waals surface area contributed by atoms with Crippen LogP contribution >= 0.6 is 0 Å². The number of imidazole rings is 1. The average molecular weight is 690 g/mol. The van der Waals surface area contributed by atoms with Crippen LogP contribution in [0.2, 0.25) is 0 Å². The molecule has 4 heterocycles. The Morgan fingerprint density at radius 2 is 1.80 bits per heavy atom. The number of methoxy groups -OCH3 is 1. The van der Waals surface area contributed by atoms with Gasteiger partial charge in [-0.3, -0.25) is 19.3 Å². The molecule has 1 aromatic heterocycles. The van der Waals surface area contributed by atoms with Crippen molar-refractivity contribution in [2.45, 2.75) is 135 Å². The molecule has 0 aromatic carbocycles. The monoisotopic (exact) mass is 689 g/mol. The maximum absolute atomic E-state index is 14.2. The van der Waals surface area contributed by atoms with E-state index in [0.29, 0.717) is 12.0 Å². The minimum absolute atomic E-state index is 0.130. The lowest BCUT2D eigenvalue weighted by Crippen LogP contribution is -2.59. The van der Waals surface area contributed by atoms with Gasteiger partial charge in [-0.05, 0) is 91.5 Å². The molecule has 0 saturated carbocycles. The van der Waals surface area contributed by atoms with Crippen molar-refractivity contribution in [3.05, 3.63) is 30.4 Å². The zero-order valence-electron chi connectivity index (χ0n) is 30.4. The number of aliphatic hydroxyl groups excluding tert-OH is 1. The lowest BCUT2D eigenvalue weighted by Gasteiger charge is -2.47. The number of nitrogens with zero attached hydrogens (tertiary/aromatic N) is 3. The van der Waals surface area contributed by atoms with Gasteiger partial charge in [-0.25, -0.2) is 14.3 Å². The van der Waals surface area contributed by atoms with Gasteiger partial charge in [-0.2, -0.15) is 0 Å². The fourth-order valence-corrected chi connectivity index (χ4v) is 7.72. The summed E-state index contributed by atoms with van der Waals surface area (Å²) < 4.78 is 31.8. The van der Waals surface area contributed by atoms with Crippen LogP contribution in [0.15, 0.2) is 30.4 Å². The number of likely N-dealkylation sites (tertiary alicyclic amines) is 1. The van der Waals surface area contributed by atoms with Crippen LogP contribution in [0.5, 0.6) is 0 Å². The van der Waals surface area contributed by atoms with E-state index in [4.69, 9.17) is 23.7 Å². The van der Waals surface area contributed by atoms with Gasteiger partial charge >= 0.3 is 12.1 Å². The second-order valence-electron chi connectivity index (χ2n) is 14.5. The van der Waals surface area contributed by atoms with Gasteiger partial charge in [0.05, 0.1) is 17.8 Å². The molecule has 0 radical (unpaired) electrons. The molecule has 3 aliphatic heterocycles. The fourth-order valence-electron chi connectivity index (χ4n) is 7.72. The Morgan fingerprint density at radius 3 is 2.39 bits per heavy atom. The standard InChI is InChI=1S/C36H55N3O10/c1-10-27-35(7,49-34(44)39-16-13-37-20-39)18-21(2)28(40)22(3)19-36(8,45-9)31(24(5)29(41)25(6)32(43)47-27)48-33-30(42)26(17-23(4)46-33)38-14-11-12-15-38/h13,16,18,20,22-27,30-31,33,42H,10-12,14-15,17,19H2,1-9H3/b21-18-/t22-,23+,24+,25-,26-,27-,30+,31-,33-,35+,36-/m1/s1. The van der Waals surface area contributed by atoms with E-state index in [1.54, 1.807) is 41.5 Å². The van der Waals surface area contributed by atoms with Crippen molar-refractivity contribution in [2.24, 2.45) is 17.8 Å². The van der Waals surface area contributed by atoms with Gasteiger partial charge < -0.3 is 28.8 Å². The number of esters is 1. The number of aromatic nitrogens is 2. The predicted molar refractivity (Wildman–Crippen MR) is 178 cm³/mol. The molecular weight excluding hydrogens is 634 g/mol. The molecule has 274 valence electrons. The first-order valence-corrected chi connectivity index (χ1v) is 17.5. The van der Waals surface area contributed by atoms with Crippen LogP contribution < -0.4 is 0 Å². The lowest BCUT2D eigenvalue weighted by atomic mass is 9.77. The summed E-state index contributed by atoms with van der Waals surface area (Å²) in [5.74, 6) is -4.36. The van der Waals surface area contributed by atoms with E-state index in [9.17, 15) is 24.3 Å². The molecular formula is C36H55N3O10. The maximum atomic E-state index is 14.2. The SMILES string of the molecule is CC[C@H]1OC(=O)[C@H](C)C(=O)[C@H](C)[C@@H](O[C@H]2O[C@@H](C)C[C@@H](N3CCCC3)[C@@H]2O)[C@](C)(OC)C[C@@H](C)C(=O)/C(C)=C\[C@]1(C)OC(=O)n1ccnc1. The van der Waals surface area contributed by atoms with E-state index >= 15 is 0 Å². The normalized spacial score (nSPS) is 39.9. The van der Waals surface area contributed by atoms with Crippen LogP contribution in [-0.2, 0) is 38.1 Å². The summed E-state index contributed by atoms with van der Waals surface area (Å²) in [6.45, 7) is 15.3. The molecule has 0 bridgehead atoms. The molecule has 13 nitrogen and oxygen atoms in total. The Hall–Kier alpha value is -2.97. The van der Waals surface area contributed by atoms with Crippen LogP contribution in [0, 0.1) is 17.8 Å². The van der Waals surface area contributed by atoms with Gasteiger partial charge in [0.25, 0.3) is 0 Å². The van der Waals surface area contributed by atoms with Gasteiger partial charge in [0.2, 0.25) is 0 Å². The minimum Gasteiger partial charge on any atom is -0.457 e. The topological polar surface area (TPSA) is 156 Å². The van der Waals surface area contributed by atoms with Crippen molar-refractivity contribution in [3.8, 4) is 0 Å². The highest BCUT2D eigenvalue weighted by atomic mass is 16.7. The molecule has 0 spiro atoms. The lowest BCUT2D eigenvalue weighted by molar-refractivity contribution is -0.296. The Balaban J connectivity index is 1.73. The molecule has 1 aromatic rings. The Kier molecular flexibility index (Phi) is 12.6. The highest BCUT2D eigenvalue weighted by molar-refractivity contribution is 6.00. The van der Waals surface area contributed by atoms with Gasteiger partial charge in [0, 0.05) is 37.4 Å². The molecule has 2 fully saturated rings. The number of hydrogen-bond acceptors (Lipinski definition) is 12. The highest BCUT2D eigenvalue weighted by Crippen LogP contribution is 2.38. The Morgan fingerprint density at radius 1 is 1.12 bits per heavy atom. The van der Waals surface area contributed by atoms with Crippen LogP contribution in [-0.4, -0.2) is 111 Å². The van der Waals surface area contributed by atoms with Crippen LogP contribution in [0.4, 0.5) is 4.79 Å². The van der Waals surface area contributed by atoms with Crippen molar-refractivity contribution < 1.29 is 48.0 Å². The Labute approximate surface area is 289 Å². The summed E-state index contributed by atoms with van der Waals surface area (Å²) in [5.41, 5.74) is -2.52. The van der Waals surface area contributed by atoms with E-state index in [2.05, 4.69) is 9.88 Å². The number of ether oxygens (including phenoxy) is 5. The summed E-state index contributed by atoms with van der Waals surface area (Å²) in [7, 11) is 1.49.